The van der Waals surface area contributed by atoms with Gasteiger partial charge in [-0.3, -0.25) is 9.69 Å². The third-order valence-corrected chi connectivity index (χ3v) is 3.29. The van der Waals surface area contributed by atoms with Crippen LogP contribution in [-0.2, 0) is 16.1 Å². The first-order valence-corrected chi connectivity index (χ1v) is 7.32. The van der Waals surface area contributed by atoms with Crippen LogP contribution in [0.1, 0.15) is 5.56 Å². The molecule has 7 heteroatoms. The van der Waals surface area contributed by atoms with Crippen LogP contribution in [0, 0.1) is 5.82 Å². The summed E-state index contributed by atoms with van der Waals surface area (Å²) in [4.78, 5) is 13.7. The summed E-state index contributed by atoms with van der Waals surface area (Å²) in [6.07, 6.45) is 3.42. The number of benzene rings is 1. The van der Waals surface area contributed by atoms with E-state index in [9.17, 15) is 9.18 Å². The van der Waals surface area contributed by atoms with Crippen molar-refractivity contribution in [3.05, 3.63) is 48.0 Å². The Hall–Kier alpha value is -2.25. The van der Waals surface area contributed by atoms with Crippen molar-refractivity contribution in [1.29, 1.82) is 0 Å². The van der Waals surface area contributed by atoms with Crippen LogP contribution < -0.4 is 5.32 Å². The Balaban J connectivity index is 1.84. The van der Waals surface area contributed by atoms with Gasteiger partial charge in [-0.2, -0.15) is 5.10 Å². The Labute approximate surface area is 134 Å². The fraction of sp³-hybridized carbons (Fsp3) is 0.375. The van der Waals surface area contributed by atoms with Crippen LogP contribution in [-0.4, -0.2) is 54.4 Å². The highest BCUT2D eigenvalue weighted by Gasteiger charge is 2.07. The van der Waals surface area contributed by atoms with Gasteiger partial charge in [0.1, 0.15) is 5.82 Å². The predicted octanol–water partition coefficient (Wildman–Crippen LogP) is 1.21. The van der Waals surface area contributed by atoms with E-state index in [1.165, 1.54) is 12.1 Å². The van der Waals surface area contributed by atoms with Gasteiger partial charge in [-0.25, -0.2) is 9.07 Å². The number of carbonyl (C=O) groups is 1. The highest BCUT2D eigenvalue weighted by molar-refractivity contribution is 5.77. The van der Waals surface area contributed by atoms with E-state index in [-0.39, 0.29) is 11.7 Å². The molecule has 0 spiro atoms. The average Bonchev–Trinajstić information content (AvgIpc) is 3.00. The lowest BCUT2D eigenvalue weighted by molar-refractivity contribution is -0.122. The lowest BCUT2D eigenvalue weighted by Gasteiger charge is -2.15. The van der Waals surface area contributed by atoms with E-state index >= 15 is 0 Å². The lowest BCUT2D eigenvalue weighted by atomic mass is 10.3. The molecule has 1 heterocycles. The first-order valence-electron chi connectivity index (χ1n) is 7.32. The van der Waals surface area contributed by atoms with Crippen molar-refractivity contribution >= 4 is 5.91 Å². The number of hydrogen-bond donors (Lipinski definition) is 1. The number of rotatable bonds is 8. The maximum atomic E-state index is 13.2. The molecule has 23 heavy (non-hydrogen) atoms. The van der Waals surface area contributed by atoms with Gasteiger partial charge in [-0.1, -0.05) is 6.07 Å². The topological polar surface area (TPSA) is 59.4 Å². The molecular formula is C16H21FN4O2. The number of nitrogens with zero attached hydrogens (tertiary/aromatic N) is 3. The molecule has 0 aliphatic heterocycles. The van der Waals surface area contributed by atoms with Gasteiger partial charge in [0.25, 0.3) is 0 Å². The number of amides is 1. The molecule has 0 saturated heterocycles. The summed E-state index contributed by atoms with van der Waals surface area (Å²) in [5.41, 5.74) is 1.49. The molecule has 6 nitrogen and oxygen atoms in total. The van der Waals surface area contributed by atoms with Gasteiger partial charge >= 0.3 is 0 Å². The molecule has 2 aromatic rings. The van der Waals surface area contributed by atoms with Crippen LogP contribution in [0.15, 0.2) is 36.7 Å². The SMILES string of the molecule is COCCN(C)CC(=O)NCc1cnn(-c2cccc(F)c2)c1. The van der Waals surface area contributed by atoms with E-state index in [1.54, 1.807) is 36.3 Å². The molecule has 0 radical (unpaired) electrons. The van der Waals surface area contributed by atoms with E-state index in [0.717, 1.165) is 5.56 Å². The fourth-order valence-electron chi connectivity index (χ4n) is 2.04. The van der Waals surface area contributed by atoms with Crippen molar-refractivity contribution in [3.8, 4) is 5.69 Å². The molecule has 1 N–H and O–H groups in total. The number of aromatic nitrogens is 2. The van der Waals surface area contributed by atoms with Gasteiger partial charge in [0.15, 0.2) is 0 Å². The molecule has 1 aromatic carbocycles. The molecule has 1 amide bonds. The van der Waals surface area contributed by atoms with Crippen molar-refractivity contribution in [2.45, 2.75) is 6.54 Å². The third-order valence-electron chi connectivity index (χ3n) is 3.29. The molecule has 0 saturated carbocycles. The second-order valence-corrected chi connectivity index (χ2v) is 5.28. The number of nitrogens with one attached hydrogen (secondary N) is 1. The van der Waals surface area contributed by atoms with Crippen molar-refractivity contribution in [3.63, 3.8) is 0 Å². The summed E-state index contributed by atoms with van der Waals surface area (Å²) in [5, 5.41) is 7.01. The minimum absolute atomic E-state index is 0.0675. The van der Waals surface area contributed by atoms with E-state index in [1.807, 2.05) is 11.9 Å². The molecule has 0 atom stereocenters. The zero-order chi connectivity index (χ0) is 16.7. The molecule has 124 valence electrons. The third kappa shape index (κ3) is 5.46. The quantitative estimate of drug-likeness (QED) is 0.794. The van der Waals surface area contributed by atoms with E-state index in [0.29, 0.717) is 31.9 Å². The molecule has 0 aliphatic carbocycles. The Morgan fingerprint density at radius 2 is 2.30 bits per heavy atom. The number of hydrogen-bond acceptors (Lipinski definition) is 4. The number of ether oxygens (including phenoxy) is 1. The maximum absolute atomic E-state index is 13.2. The molecule has 0 aliphatic rings. The van der Waals surface area contributed by atoms with Crippen LogP contribution in [0.25, 0.3) is 5.69 Å². The summed E-state index contributed by atoms with van der Waals surface area (Å²) in [5.74, 6) is -0.381. The number of halogens is 1. The maximum Gasteiger partial charge on any atom is 0.234 e. The summed E-state index contributed by atoms with van der Waals surface area (Å²) in [6.45, 7) is 1.97. The van der Waals surface area contributed by atoms with Gasteiger partial charge in [-0.15, -0.1) is 0 Å². The second kappa shape index (κ2) is 8.40. The molecule has 2 rings (SSSR count). The van der Waals surface area contributed by atoms with E-state index in [2.05, 4.69) is 10.4 Å². The van der Waals surface area contributed by atoms with Crippen LogP contribution in [0.3, 0.4) is 0 Å². The summed E-state index contributed by atoms with van der Waals surface area (Å²) in [6, 6.07) is 6.18. The number of carbonyl (C=O) groups excluding carboxylic acids is 1. The Bertz CT molecular complexity index is 645. The second-order valence-electron chi connectivity index (χ2n) is 5.28. The van der Waals surface area contributed by atoms with Crippen molar-refractivity contribution in [2.75, 3.05) is 33.9 Å². The van der Waals surface area contributed by atoms with Gasteiger partial charge in [0, 0.05) is 32.0 Å². The van der Waals surface area contributed by atoms with Gasteiger partial charge in [-0.05, 0) is 25.2 Å². The van der Waals surface area contributed by atoms with Gasteiger partial charge < -0.3 is 10.1 Å². The largest absolute Gasteiger partial charge is 0.383 e. The Morgan fingerprint density at radius 3 is 3.04 bits per heavy atom. The Morgan fingerprint density at radius 1 is 1.48 bits per heavy atom. The summed E-state index contributed by atoms with van der Waals surface area (Å²) >= 11 is 0. The first-order chi connectivity index (χ1) is 11.1. The Kier molecular flexibility index (Phi) is 6.25. The zero-order valence-corrected chi connectivity index (χ0v) is 13.3. The van der Waals surface area contributed by atoms with E-state index < -0.39 is 0 Å². The van der Waals surface area contributed by atoms with E-state index in [4.69, 9.17) is 4.74 Å². The zero-order valence-electron chi connectivity index (χ0n) is 13.3. The van der Waals surface area contributed by atoms with Crippen LogP contribution >= 0.6 is 0 Å². The molecule has 0 unspecified atom stereocenters. The minimum atomic E-state index is -0.313. The highest BCUT2D eigenvalue weighted by atomic mass is 19.1. The normalized spacial score (nSPS) is 11.0. The highest BCUT2D eigenvalue weighted by Crippen LogP contribution is 2.10. The van der Waals surface area contributed by atoms with Crippen LogP contribution in [0.4, 0.5) is 4.39 Å². The lowest BCUT2D eigenvalue weighted by Crippen LogP contribution is -2.36. The van der Waals surface area contributed by atoms with Gasteiger partial charge in [0.2, 0.25) is 5.91 Å². The molecule has 0 bridgehead atoms. The number of methoxy groups -OCH3 is 1. The molecule has 0 fully saturated rings. The van der Waals surface area contributed by atoms with Crippen molar-refractivity contribution in [2.24, 2.45) is 0 Å². The van der Waals surface area contributed by atoms with Crippen molar-refractivity contribution in [1.82, 2.24) is 20.0 Å². The average molecular weight is 320 g/mol. The molecular weight excluding hydrogens is 299 g/mol. The van der Waals surface area contributed by atoms with Crippen molar-refractivity contribution < 1.29 is 13.9 Å². The van der Waals surface area contributed by atoms with Crippen LogP contribution in [0.5, 0.6) is 0 Å². The summed E-state index contributed by atoms with van der Waals surface area (Å²) < 4.78 is 19.8. The summed E-state index contributed by atoms with van der Waals surface area (Å²) in [7, 11) is 3.49. The number of likely N-dealkylation sites (N-methyl/N-ethyl adjacent to an activating group) is 1. The van der Waals surface area contributed by atoms with Crippen LogP contribution in [0.2, 0.25) is 0 Å². The first kappa shape index (κ1) is 17.1. The molecule has 1 aromatic heterocycles. The standard InChI is InChI=1S/C16H21FN4O2/c1-20(6-7-23-2)12-16(22)18-9-13-10-19-21(11-13)15-5-3-4-14(17)8-15/h3-5,8,10-11H,6-7,9,12H2,1-2H3,(H,18,22). The fourth-order valence-corrected chi connectivity index (χ4v) is 2.04. The van der Waals surface area contributed by atoms with Gasteiger partial charge in [0.05, 0.1) is 25.0 Å². The minimum Gasteiger partial charge on any atom is -0.383 e. The predicted molar refractivity (Wildman–Crippen MR) is 84.7 cm³/mol. The monoisotopic (exact) mass is 320 g/mol. The smallest absolute Gasteiger partial charge is 0.234 e.